The topological polar surface area (TPSA) is 41.1 Å². The molecule has 0 aliphatic heterocycles. The van der Waals surface area contributed by atoms with E-state index in [0.29, 0.717) is 11.8 Å². The molecule has 3 rings (SSSR count). The Kier molecular flexibility index (Phi) is 5.88. The first-order valence-electron chi connectivity index (χ1n) is 11.0. The minimum absolute atomic E-state index is 0.0103. The van der Waals surface area contributed by atoms with Gasteiger partial charge in [-0.3, -0.25) is 0 Å². The van der Waals surface area contributed by atoms with E-state index in [1.807, 2.05) is 0 Å². The third-order valence-corrected chi connectivity index (χ3v) is 7.26. The zero-order valence-corrected chi connectivity index (χ0v) is 18.0. The summed E-state index contributed by atoms with van der Waals surface area (Å²) in [5, 5.41) is 6.44. The Morgan fingerprint density at radius 2 is 2.04 bits per heavy atom. The van der Waals surface area contributed by atoms with E-state index in [0.717, 1.165) is 38.6 Å². The van der Waals surface area contributed by atoms with Gasteiger partial charge in [0.15, 0.2) is 0 Å². The molecule has 1 aromatic rings. The van der Waals surface area contributed by atoms with Gasteiger partial charge >= 0.3 is 6.03 Å². The molecule has 2 N–H and O–H groups in total. The predicted molar refractivity (Wildman–Crippen MR) is 113 cm³/mol. The van der Waals surface area contributed by atoms with Gasteiger partial charge in [-0.1, -0.05) is 58.7 Å². The van der Waals surface area contributed by atoms with Gasteiger partial charge in [-0.05, 0) is 73.0 Å². The number of fused-ring (bicyclic) bond motifs is 3. The fourth-order valence-corrected chi connectivity index (χ4v) is 5.70. The Bertz CT molecular complexity index is 683. The number of nitrogens with one attached hydrogen (secondary N) is 2. The van der Waals surface area contributed by atoms with E-state index in [4.69, 9.17) is 0 Å². The van der Waals surface area contributed by atoms with Gasteiger partial charge in [-0.15, -0.1) is 0 Å². The molecule has 0 radical (unpaired) electrons. The van der Waals surface area contributed by atoms with E-state index in [1.54, 1.807) is 0 Å². The summed E-state index contributed by atoms with van der Waals surface area (Å²) in [5.41, 5.74) is 4.55. The lowest BCUT2D eigenvalue weighted by atomic mass is 9.52. The minimum Gasteiger partial charge on any atom is -0.338 e. The quantitative estimate of drug-likeness (QED) is 0.644. The molecule has 150 valence electrons. The normalized spacial score (nSPS) is 29.8. The van der Waals surface area contributed by atoms with Crippen LogP contribution in [0.15, 0.2) is 18.2 Å². The van der Waals surface area contributed by atoms with Gasteiger partial charge in [-0.25, -0.2) is 4.79 Å². The summed E-state index contributed by atoms with van der Waals surface area (Å²) in [7, 11) is 0. The van der Waals surface area contributed by atoms with E-state index in [1.165, 1.54) is 29.5 Å². The lowest BCUT2D eigenvalue weighted by Crippen LogP contribution is -2.62. The summed E-state index contributed by atoms with van der Waals surface area (Å²) in [6.07, 6.45) is 7.91. The SMILES string of the molecule is CCCCNC(=O)N[C@]1(C)CCC[C@]2(C)c3ccc(C(C)C)cc3CC[C@@H]12. The first kappa shape index (κ1) is 20.2. The largest absolute Gasteiger partial charge is 0.338 e. The van der Waals surface area contributed by atoms with Crippen molar-refractivity contribution in [2.45, 2.75) is 96.4 Å². The molecule has 1 saturated carbocycles. The summed E-state index contributed by atoms with van der Waals surface area (Å²) in [4.78, 5) is 12.5. The van der Waals surface area contributed by atoms with Crippen molar-refractivity contribution in [2.75, 3.05) is 6.54 Å². The molecule has 1 aromatic carbocycles. The van der Waals surface area contributed by atoms with Crippen molar-refractivity contribution >= 4 is 6.03 Å². The number of amides is 2. The molecule has 0 heterocycles. The lowest BCUT2D eigenvalue weighted by molar-refractivity contribution is 0.0693. The first-order chi connectivity index (χ1) is 12.8. The average Bonchev–Trinajstić information content (AvgIpc) is 2.61. The summed E-state index contributed by atoms with van der Waals surface area (Å²) in [6.45, 7) is 12.2. The van der Waals surface area contributed by atoms with Crippen molar-refractivity contribution in [3.63, 3.8) is 0 Å². The number of hydrogen-bond acceptors (Lipinski definition) is 1. The predicted octanol–water partition coefficient (Wildman–Crippen LogP) is 5.67. The molecule has 0 unspecified atom stereocenters. The van der Waals surface area contributed by atoms with Crippen LogP contribution in [0.5, 0.6) is 0 Å². The number of benzene rings is 1. The molecule has 3 atom stereocenters. The fraction of sp³-hybridized carbons (Fsp3) is 0.708. The van der Waals surface area contributed by atoms with Crippen LogP contribution in [-0.4, -0.2) is 18.1 Å². The first-order valence-corrected chi connectivity index (χ1v) is 11.0. The second kappa shape index (κ2) is 7.85. The molecule has 2 aliphatic rings. The van der Waals surface area contributed by atoms with Crippen LogP contribution in [0.3, 0.4) is 0 Å². The van der Waals surface area contributed by atoms with Gasteiger partial charge < -0.3 is 10.6 Å². The van der Waals surface area contributed by atoms with Crippen LogP contribution in [0.4, 0.5) is 4.79 Å². The van der Waals surface area contributed by atoms with Gasteiger partial charge in [0.1, 0.15) is 0 Å². The van der Waals surface area contributed by atoms with Crippen LogP contribution >= 0.6 is 0 Å². The van der Waals surface area contributed by atoms with E-state index < -0.39 is 0 Å². The second-order valence-corrected chi connectivity index (χ2v) is 9.59. The maximum atomic E-state index is 12.5. The van der Waals surface area contributed by atoms with Crippen LogP contribution in [0, 0.1) is 5.92 Å². The second-order valence-electron chi connectivity index (χ2n) is 9.59. The fourth-order valence-electron chi connectivity index (χ4n) is 5.70. The van der Waals surface area contributed by atoms with Gasteiger partial charge in [-0.2, -0.15) is 0 Å². The van der Waals surface area contributed by atoms with Gasteiger partial charge in [0.25, 0.3) is 0 Å². The van der Waals surface area contributed by atoms with Crippen molar-refractivity contribution in [3.8, 4) is 0 Å². The van der Waals surface area contributed by atoms with Gasteiger partial charge in [0, 0.05) is 12.1 Å². The maximum absolute atomic E-state index is 12.5. The summed E-state index contributed by atoms with van der Waals surface area (Å²) in [5.74, 6) is 1.07. The van der Waals surface area contributed by atoms with E-state index in [2.05, 4.69) is 63.5 Å². The molecular formula is C24H38N2O. The highest BCUT2D eigenvalue weighted by atomic mass is 16.2. The summed E-state index contributed by atoms with van der Waals surface area (Å²) < 4.78 is 0. The number of carbonyl (C=O) groups is 1. The van der Waals surface area contributed by atoms with E-state index in [9.17, 15) is 4.79 Å². The minimum atomic E-state index is -0.127. The number of carbonyl (C=O) groups excluding carboxylic acids is 1. The zero-order chi connectivity index (χ0) is 19.7. The van der Waals surface area contributed by atoms with E-state index >= 15 is 0 Å². The van der Waals surface area contributed by atoms with Crippen molar-refractivity contribution in [2.24, 2.45) is 5.92 Å². The lowest BCUT2D eigenvalue weighted by Gasteiger charge is -2.55. The number of aryl methyl sites for hydroxylation is 1. The summed E-state index contributed by atoms with van der Waals surface area (Å²) >= 11 is 0. The van der Waals surface area contributed by atoms with Crippen molar-refractivity contribution in [3.05, 3.63) is 34.9 Å². The molecule has 3 heteroatoms. The molecule has 1 fully saturated rings. The Labute approximate surface area is 165 Å². The van der Waals surface area contributed by atoms with Crippen LogP contribution in [0.2, 0.25) is 0 Å². The van der Waals surface area contributed by atoms with Gasteiger partial charge in [0.05, 0.1) is 0 Å². The number of unbranched alkanes of at least 4 members (excludes halogenated alkanes) is 1. The Morgan fingerprint density at radius 1 is 1.26 bits per heavy atom. The summed E-state index contributed by atoms with van der Waals surface area (Å²) in [6, 6.07) is 7.17. The Morgan fingerprint density at radius 3 is 2.74 bits per heavy atom. The third-order valence-electron chi connectivity index (χ3n) is 7.26. The molecular weight excluding hydrogens is 332 g/mol. The number of rotatable bonds is 5. The molecule has 3 nitrogen and oxygen atoms in total. The van der Waals surface area contributed by atoms with Crippen LogP contribution in [0.25, 0.3) is 0 Å². The number of urea groups is 1. The molecule has 0 bridgehead atoms. The van der Waals surface area contributed by atoms with E-state index in [-0.39, 0.29) is 17.0 Å². The van der Waals surface area contributed by atoms with Gasteiger partial charge in [0.2, 0.25) is 0 Å². The molecule has 0 saturated heterocycles. The van der Waals surface area contributed by atoms with Crippen molar-refractivity contribution in [1.29, 1.82) is 0 Å². The van der Waals surface area contributed by atoms with Crippen LogP contribution < -0.4 is 10.6 Å². The highest BCUT2D eigenvalue weighted by Crippen LogP contribution is 2.53. The van der Waals surface area contributed by atoms with Crippen LogP contribution in [0.1, 0.15) is 95.8 Å². The van der Waals surface area contributed by atoms with Crippen LogP contribution in [-0.2, 0) is 11.8 Å². The number of hydrogen-bond donors (Lipinski definition) is 2. The highest BCUT2D eigenvalue weighted by Gasteiger charge is 2.52. The smallest absolute Gasteiger partial charge is 0.315 e. The van der Waals surface area contributed by atoms with Crippen molar-refractivity contribution < 1.29 is 4.79 Å². The molecule has 0 spiro atoms. The monoisotopic (exact) mass is 370 g/mol. The molecule has 27 heavy (non-hydrogen) atoms. The molecule has 2 aliphatic carbocycles. The average molecular weight is 371 g/mol. The third kappa shape index (κ3) is 3.88. The molecule has 0 aromatic heterocycles. The highest BCUT2D eigenvalue weighted by molar-refractivity contribution is 5.74. The zero-order valence-electron chi connectivity index (χ0n) is 18.0. The Hall–Kier alpha value is -1.51. The van der Waals surface area contributed by atoms with Crippen molar-refractivity contribution in [1.82, 2.24) is 10.6 Å². The Balaban J connectivity index is 1.83. The maximum Gasteiger partial charge on any atom is 0.315 e. The standard InChI is InChI=1S/C24H38N2O/c1-6-7-15-25-22(27)26-24(5)14-8-13-23(4)20-11-9-18(17(2)3)16-19(20)10-12-21(23)24/h9,11,16-17,21H,6-8,10,12-15H2,1-5H3,(H2,25,26,27)/t21-,23-,24-/m1/s1. The molecule has 2 amide bonds.